The highest BCUT2D eigenvalue weighted by Gasteiger charge is 2.10. The first kappa shape index (κ1) is 23.3. The van der Waals surface area contributed by atoms with Gasteiger partial charge in [-0.3, -0.25) is 0 Å². The summed E-state index contributed by atoms with van der Waals surface area (Å²) in [5, 5.41) is 0. The first-order valence-corrected chi connectivity index (χ1v) is 11.3. The lowest BCUT2D eigenvalue weighted by Crippen LogP contribution is -2.08. The summed E-state index contributed by atoms with van der Waals surface area (Å²) in [4.78, 5) is 24.5. The first-order valence-electron chi connectivity index (χ1n) is 11.3. The lowest BCUT2D eigenvalue weighted by atomic mass is 10.0. The predicted molar refractivity (Wildman–Crippen MR) is 127 cm³/mol. The fourth-order valence-corrected chi connectivity index (χ4v) is 3.38. The Labute approximate surface area is 190 Å². The predicted octanol–water partition coefficient (Wildman–Crippen LogP) is 7.09. The van der Waals surface area contributed by atoms with Crippen LogP contribution < -0.4 is 4.74 Å². The molecule has 0 aromatic heterocycles. The standard InChI is InChI=1S/C28H30O4/c1-2-3-4-5-6-10-21-31-27(29)24-17-13-22(14-18-24)23-15-19-25(20-16-23)28(30)32-26-11-8-7-9-12-26/h7-9,11-20H,2-6,10,21H2,1H3. The molecule has 166 valence electrons. The van der Waals surface area contributed by atoms with Gasteiger partial charge in [0.2, 0.25) is 0 Å². The highest BCUT2D eigenvalue weighted by atomic mass is 16.5. The van der Waals surface area contributed by atoms with Crippen LogP contribution in [0.5, 0.6) is 5.75 Å². The molecule has 0 radical (unpaired) electrons. The van der Waals surface area contributed by atoms with Crippen molar-refractivity contribution in [2.45, 2.75) is 45.4 Å². The van der Waals surface area contributed by atoms with Crippen LogP contribution in [0.4, 0.5) is 0 Å². The summed E-state index contributed by atoms with van der Waals surface area (Å²) in [6.07, 6.45) is 6.96. The summed E-state index contributed by atoms with van der Waals surface area (Å²) in [7, 11) is 0. The van der Waals surface area contributed by atoms with Gasteiger partial charge in [0.25, 0.3) is 0 Å². The van der Waals surface area contributed by atoms with Gasteiger partial charge in [0.05, 0.1) is 17.7 Å². The van der Waals surface area contributed by atoms with Gasteiger partial charge in [-0.25, -0.2) is 9.59 Å². The van der Waals surface area contributed by atoms with Crippen molar-refractivity contribution in [2.75, 3.05) is 6.61 Å². The smallest absolute Gasteiger partial charge is 0.343 e. The molecule has 3 rings (SSSR count). The molecule has 0 heterocycles. The lowest BCUT2D eigenvalue weighted by molar-refractivity contribution is 0.0497. The lowest BCUT2D eigenvalue weighted by Gasteiger charge is -2.07. The second kappa shape index (κ2) is 12.5. The quantitative estimate of drug-likeness (QED) is 0.185. The molecule has 0 aliphatic rings. The van der Waals surface area contributed by atoms with E-state index in [4.69, 9.17) is 9.47 Å². The third-order valence-electron chi connectivity index (χ3n) is 5.26. The summed E-state index contributed by atoms with van der Waals surface area (Å²) in [6, 6.07) is 23.5. The van der Waals surface area contributed by atoms with Gasteiger partial charge >= 0.3 is 11.9 Å². The van der Waals surface area contributed by atoms with Crippen molar-refractivity contribution < 1.29 is 19.1 Å². The fraction of sp³-hybridized carbons (Fsp3) is 0.286. The number of unbranched alkanes of at least 4 members (excludes halogenated alkanes) is 5. The van der Waals surface area contributed by atoms with E-state index in [-0.39, 0.29) is 5.97 Å². The molecule has 0 fully saturated rings. The van der Waals surface area contributed by atoms with E-state index in [0.29, 0.717) is 23.5 Å². The Morgan fingerprint density at radius 1 is 0.625 bits per heavy atom. The maximum absolute atomic E-state index is 12.3. The van der Waals surface area contributed by atoms with Crippen molar-refractivity contribution >= 4 is 11.9 Å². The number of para-hydroxylation sites is 1. The van der Waals surface area contributed by atoms with Crippen LogP contribution in [0.2, 0.25) is 0 Å². The van der Waals surface area contributed by atoms with E-state index in [9.17, 15) is 9.59 Å². The highest BCUT2D eigenvalue weighted by Crippen LogP contribution is 2.21. The van der Waals surface area contributed by atoms with Crippen LogP contribution >= 0.6 is 0 Å². The van der Waals surface area contributed by atoms with Crippen LogP contribution in [0.25, 0.3) is 11.1 Å². The van der Waals surface area contributed by atoms with Crippen molar-refractivity contribution in [3.63, 3.8) is 0 Å². The molecule has 4 nitrogen and oxygen atoms in total. The molecule has 0 atom stereocenters. The zero-order valence-electron chi connectivity index (χ0n) is 18.6. The zero-order chi connectivity index (χ0) is 22.6. The maximum Gasteiger partial charge on any atom is 0.343 e. The molecular formula is C28H30O4. The second-order valence-electron chi connectivity index (χ2n) is 7.76. The summed E-state index contributed by atoms with van der Waals surface area (Å²) in [5.41, 5.74) is 2.93. The van der Waals surface area contributed by atoms with Crippen molar-refractivity contribution in [3.8, 4) is 16.9 Å². The molecule has 0 unspecified atom stereocenters. The minimum atomic E-state index is -0.397. The molecule has 32 heavy (non-hydrogen) atoms. The molecule has 0 amide bonds. The van der Waals surface area contributed by atoms with E-state index < -0.39 is 5.97 Å². The van der Waals surface area contributed by atoms with E-state index in [1.54, 1.807) is 36.4 Å². The molecule has 0 aliphatic carbocycles. The monoisotopic (exact) mass is 430 g/mol. The van der Waals surface area contributed by atoms with Gasteiger partial charge in [0, 0.05) is 0 Å². The highest BCUT2D eigenvalue weighted by molar-refractivity contribution is 5.92. The van der Waals surface area contributed by atoms with Gasteiger partial charge in [0.1, 0.15) is 5.75 Å². The Morgan fingerprint density at radius 2 is 1.16 bits per heavy atom. The van der Waals surface area contributed by atoms with Crippen LogP contribution in [-0.2, 0) is 4.74 Å². The second-order valence-corrected chi connectivity index (χ2v) is 7.76. The first-order chi connectivity index (χ1) is 15.7. The van der Waals surface area contributed by atoms with Crippen LogP contribution in [0.1, 0.15) is 66.2 Å². The third-order valence-corrected chi connectivity index (χ3v) is 5.26. The van der Waals surface area contributed by atoms with E-state index in [1.165, 1.54) is 25.7 Å². The summed E-state index contributed by atoms with van der Waals surface area (Å²) in [6.45, 7) is 2.67. The zero-order valence-corrected chi connectivity index (χ0v) is 18.6. The van der Waals surface area contributed by atoms with Crippen molar-refractivity contribution in [2.24, 2.45) is 0 Å². The average Bonchev–Trinajstić information content (AvgIpc) is 2.84. The minimum absolute atomic E-state index is 0.288. The van der Waals surface area contributed by atoms with Gasteiger partial charge in [-0.2, -0.15) is 0 Å². The Kier molecular flexibility index (Phi) is 9.05. The molecule has 4 heteroatoms. The number of carbonyl (C=O) groups excluding carboxylic acids is 2. The van der Waals surface area contributed by atoms with E-state index in [1.807, 2.05) is 42.5 Å². The van der Waals surface area contributed by atoms with E-state index in [0.717, 1.165) is 24.0 Å². The maximum atomic E-state index is 12.3. The average molecular weight is 431 g/mol. The molecule has 3 aromatic carbocycles. The van der Waals surface area contributed by atoms with Crippen molar-refractivity contribution in [3.05, 3.63) is 90.0 Å². The molecule has 0 saturated carbocycles. The molecule has 0 spiro atoms. The number of hydrogen-bond donors (Lipinski definition) is 0. The Morgan fingerprint density at radius 3 is 1.75 bits per heavy atom. The van der Waals surface area contributed by atoms with Crippen LogP contribution in [0.3, 0.4) is 0 Å². The van der Waals surface area contributed by atoms with Gasteiger partial charge in [-0.05, 0) is 53.9 Å². The van der Waals surface area contributed by atoms with E-state index in [2.05, 4.69) is 6.92 Å². The number of hydrogen-bond acceptors (Lipinski definition) is 4. The van der Waals surface area contributed by atoms with Gasteiger partial charge in [-0.1, -0.05) is 81.5 Å². The van der Waals surface area contributed by atoms with Gasteiger partial charge in [0.15, 0.2) is 0 Å². The number of rotatable bonds is 11. The molecule has 0 bridgehead atoms. The summed E-state index contributed by atoms with van der Waals surface area (Å²) >= 11 is 0. The van der Waals surface area contributed by atoms with Crippen LogP contribution in [0.15, 0.2) is 78.9 Å². The normalized spacial score (nSPS) is 10.5. The number of carbonyl (C=O) groups is 2. The van der Waals surface area contributed by atoms with E-state index >= 15 is 0 Å². The Balaban J connectivity index is 1.50. The SMILES string of the molecule is CCCCCCCCOC(=O)c1ccc(-c2ccc(C(=O)Oc3ccccc3)cc2)cc1. The largest absolute Gasteiger partial charge is 0.462 e. The Hall–Kier alpha value is -3.40. The number of ether oxygens (including phenoxy) is 2. The van der Waals surface area contributed by atoms with Crippen molar-refractivity contribution in [1.82, 2.24) is 0 Å². The number of benzene rings is 3. The molecule has 0 saturated heterocycles. The van der Waals surface area contributed by atoms with Crippen LogP contribution in [-0.4, -0.2) is 18.5 Å². The van der Waals surface area contributed by atoms with Gasteiger partial charge < -0.3 is 9.47 Å². The topological polar surface area (TPSA) is 52.6 Å². The molecule has 3 aromatic rings. The van der Waals surface area contributed by atoms with Crippen LogP contribution in [0, 0.1) is 0 Å². The summed E-state index contributed by atoms with van der Waals surface area (Å²) in [5.74, 6) is -0.170. The third kappa shape index (κ3) is 7.09. The minimum Gasteiger partial charge on any atom is -0.462 e. The Bertz CT molecular complexity index is 976. The molecule has 0 aliphatic heterocycles. The summed E-state index contributed by atoms with van der Waals surface area (Å²) < 4.78 is 10.7. The molecule has 0 N–H and O–H groups in total. The molecular weight excluding hydrogens is 400 g/mol. The number of esters is 2. The van der Waals surface area contributed by atoms with Crippen molar-refractivity contribution in [1.29, 1.82) is 0 Å². The fourth-order valence-electron chi connectivity index (χ4n) is 3.38. The van der Waals surface area contributed by atoms with Gasteiger partial charge in [-0.15, -0.1) is 0 Å².